The molecule has 0 spiro atoms. The molecule has 0 fully saturated rings. The smallest absolute Gasteiger partial charge is 0.256 e. The molecular weight excluding hydrogens is 278 g/mol. The lowest BCUT2D eigenvalue weighted by molar-refractivity contribution is 0.102. The van der Waals surface area contributed by atoms with Crippen molar-refractivity contribution in [2.24, 2.45) is 0 Å². The lowest BCUT2D eigenvalue weighted by Gasteiger charge is -2.08. The molecule has 2 rings (SSSR count). The number of rotatable bonds is 7. The topological polar surface area (TPSA) is 63.2 Å². The number of nitrogens with zero attached hydrogens (tertiary/aromatic N) is 1. The molecule has 1 aromatic carbocycles. The van der Waals surface area contributed by atoms with Crippen molar-refractivity contribution in [3.8, 4) is 5.75 Å². The van der Waals surface area contributed by atoms with Crippen molar-refractivity contribution in [3.63, 3.8) is 0 Å². The summed E-state index contributed by atoms with van der Waals surface area (Å²) < 4.78 is 5.11. The zero-order valence-electron chi connectivity index (χ0n) is 12.9. The molecule has 0 radical (unpaired) electrons. The van der Waals surface area contributed by atoms with E-state index in [4.69, 9.17) is 4.74 Å². The van der Waals surface area contributed by atoms with E-state index in [1.807, 2.05) is 6.07 Å². The zero-order valence-corrected chi connectivity index (χ0v) is 12.9. The number of unbranched alkanes of at least 4 members (excludes halogenated alkanes) is 1. The molecule has 1 heterocycles. The van der Waals surface area contributed by atoms with Crippen molar-refractivity contribution in [3.05, 3.63) is 48.2 Å². The first-order chi connectivity index (χ1) is 10.7. The fourth-order valence-corrected chi connectivity index (χ4v) is 1.93. The molecule has 0 aliphatic rings. The number of methoxy groups -OCH3 is 1. The average Bonchev–Trinajstić information content (AvgIpc) is 2.56. The highest BCUT2D eigenvalue weighted by molar-refractivity contribution is 6.04. The minimum absolute atomic E-state index is 0.210. The van der Waals surface area contributed by atoms with E-state index in [-0.39, 0.29) is 5.91 Å². The molecule has 2 N–H and O–H groups in total. The highest BCUT2D eigenvalue weighted by Crippen LogP contribution is 2.15. The van der Waals surface area contributed by atoms with Crippen LogP contribution in [0.5, 0.6) is 5.75 Å². The number of hydrogen-bond donors (Lipinski definition) is 2. The third kappa shape index (κ3) is 4.48. The van der Waals surface area contributed by atoms with Gasteiger partial charge in [-0.2, -0.15) is 0 Å². The Hall–Kier alpha value is -2.56. The Morgan fingerprint density at radius 3 is 2.82 bits per heavy atom. The lowest BCUT2D eigenvalue weighted by Crippen LogP contribution is -2.13. The number of anilines is 2. The van der Waals surface area contributed by atoms with Gasteiger partial charge in [0.05, 0.1) is 19.0 Å². The maximum atomic E-state index is 12.2. The van der Waals surface area contributed by atoms with Gasteiger partial charge in [-0.05, 0) is 36.8 Å². The van der Waals surface area contributed by atoms with Gasteiger partial charge in [-0.25, -0.2) is 4.98 Å². The SMILES string of the molecule is CCCCNc1ccc(NC(=O)c2cccc(OC)c2)nc1. The summed E-state index contributed by atoms with van der Waals surface area (Å²) in [6.45, 7) is 3.07. The molecule has 116 valence electrons. The van der Waals surface area contributed by atoms with Gasteiger partial charge < -0.3 is 15.4 Å². The molecule has 5 nitrogen and oxygen atoms in total. The van der Waals surface area contributed by atoms with E-state index < -0.39 is 0 Å². The second kappa shape index (κ2) is 8.02. The third-order valence-corrected chi connectivity index (χ3v) is 3.20. The summed E-state index contributed by atoms with van der Waals surface area (Å²) in [5, 5.41) is 6.05. The number of amides is 1. The number of pyridine rings is 1. The Morgan fingerprint density at radius 2 is 2.14 bits per heavy atom. The van der Waals surface area contributed by atoms with Gasteiger partial charge in [-0.15, -0.1) is 0 Å². The molecule has 5 heteroatoms. The number of nitrogens with one attached hydrogen (secondary N) is 2. The van der Waals surface area contributed by atoms with E-state index in [0.29, 0.717) is 17.1 Å². The Labute approximate surface area is 130 Å². The number of aromatic nitrogens is 1. The third-order valence-electron chi connectivity index (χ3n) is 3.20. The normalized spacial score (nSPS) is 10.1. The van der Waals surface area contributed by atoms with E-state index in [1.54, 1.807) is 43.6 Å². The second-order valence-corrected chi connectivity index (χ2v) is 4.90. The van der Waals surface area contributed by atoms with Gasteiger partial charge in [0, 0.05) is 12.1 Å². The standard InChI is InChI=1S/C17H21N3O2/c1-3-4-10-18-14-8-9-16(19-12-14)20-17(21)13-6-5-7-15(11-13)22-2/h5-9,11-12,18H,3-4,10H2,1-2H3,(H,19,20,21). The number of benzene rings is 1. The fraction of sp³-hybridized carbons (Fsp3) is 0.294. The quantitative estimate of drug-likeness (QED) is 0.767. The first-order valence-electron chi connectivity index (χ1n) is 7.38. The van der Waals surface area contributed by atoms with Crippen LogP contribution in [-0.4, -0.2) is 24.5 Å². The minimum atomic E-state index is -0.210. The molecule has 1 amide bonds. The molecule has 1 aromatic heterocycles. The van der Waals surface area contributed by atoms with Gasteiger partial charge in [-0.3, -0.25) is 4.79 Å². The van der Waals surface area contributed by atoms with Gasteiger partial charge in [0.2, 0.25) is 0 Å². The van der Waals surface area contributed by atoms with Crippen LogP contribution in [-0.2, 0) is 0 Å². The van der Waals surface area contributed by atoms with Gasteiger partial charge >= 0.3 is 0 Å². The molecule has 0 unspecified atom stereocenters. The number of ether oxygens (including phenoxy) is 1. The summed E-state index contributed by atoms with van der Waals surface area (Å²) in [5.41, 5.74) is 1.49. The molecule has 0 aliphatic carbocycles. The first kappa shape index (κ1) is 15.8. The Bertz CT molecular complexity index is 612. The maximum absolute atomic E-state index is 12.2. The van der Waals surface area contributed by atoms with Crippen LogP contribution in [0.15, 0.2) is 42.6 Å². The maximum Gasteiger partial charge on any atom is 0.256 e. The monoisotopic (exact) mass is 299 g/mol. The van der Waals surface area contributed by atoms with Crippen LogP contribution >= 0.6 is 0 Å². The largest absolute Gasteiger partial charge is 0.497 e. The van der Waals surface area contributed by atoms with Crippen LogP contribution in [0.25, 0.3) is 0 Å². The predicted octanol–water partition coefficient (Wildman–Crippen LogP) is 3.55. The first-order valence-corrected chi connectivity index (χ1v) is 7.38. The highest BCUT2D eigenvalue weighted by Gasteiger charge is 2.07. The number of carbonyl (C=O) groups excluding carboxylic acids is 1. The van der Waals surface area contributed by atoms with Crippen LogP contribution in [0.2, 0.25) is 0 Å². The molecule has 2 aromatic rings. The molecule has 0 saturated heterocycles. The minimum Gasteiger partial charge on any atom is -0.497 e. The fourth-order valence-electron chi connectivity index (χ4n) is 1.93. The van der Waals surface area contributed by atoms with Crippen LogP contribution in [0.4, 0.5) is 11.5 Å². The second-order valence-electron chi connectivity index (χ2n) is 4.90. The van der Waals surface area contributed by atoms with Crippen molar-refractivity contribution in [2.45, 2.75) is 19.8 Å². The van der Waals surface area contributed by atoms with Gasteiger partial charge in [0.15, 0.2) is 0 Å². The van der Waals surface area contributed by atoms with Crippen molar-refractivity contribution in [1.29, 1.82) is 0 Å². The van der Waals surface area contributed by atoms with Gasteiger partial charge in [0.25, 0.3) is 5.91 Å². The Kier molecular flexibility index (Phi) is 5.77. The molecule has 0 atom stereocenters. The van der Waals surface area contributed by atoms with Gasteiger partial charge in [0.1, 0.15) is 11.6 Å². The van der Waals surface area contributed by atoms with E-state index in [0.717, 1.165) is 25.1 Å². The van der Waals surface area contributed by atoms with E-state index >= 15 is 0 Å². The van der Waals surface area contributed by atoms with Crippen molar-refractivity contribution < 1.29 is 9.53 Å². The Morgan fingerprint density at radius 1 is 1.27 bits per heavy atom. The summed E-state index contributed by atoms with van der Waals surface area (Å²) in [6, 6.07) is 10.7. The zero-order chi connectivity index (χ0) is 15.8. The predicted molar refractivity (Wildman–Crippen MR) is 88.6 cm³/mol. The summed E-state index contributed by atoms with van der Waals surface area (Å²) in [7, 11) is 1.57. The van der Waals surface area contributed by atoms with Gasteiger partial charge in [-0.1, -0.05) is 19.4 Å². The van der Waals surface area contributed by atoms with E-state index in [9.17, 15) is 4.79 Å². The van der Waals surface area contributed by atoms with E-state index in [1.165, 1.54) is 0 Å². The summed E-state index contributed by atoms with van der Waals surface area (Å²) in [6.07, 6.45) is 3.99. The highest BCUT2D eigenvalue weighted by atomic mass is 16.5. The van der Waals surface area contributed by atoms with Crippen molar-refractivity contribution in [1.82, 2.24) is 4.98 Å². The van der Waals surface area contributed by atoms with Crippen molar-refractivity contribution >= 4 is 17.4 Å². The summed E-state index contributed by atoms with van der Waals surface area (Å²) in [4.78, 5) is 16.4. The molecule has 0 bridgehead atoms. The molecular formula is C17H21N3O2. The van der Waals surface area contributed by atoms with E-state index in [2.05, 4.69) is 22.5 Å². The molecule has 22 heavy (non-hydrogen) atoms. The summed E-state index contributed by atoms with van der Waals surface area (Å²) in [5.74, 6) is 0.961. The Balaban J connectivity index is 1.96. The van der Waals surface area contributed by atoms with Crippen LogP contribution in [0.3, 0.4) is 0 Å². The number of carbonyl (C=O) groups is 1. The average molecular weight is 299 g/mol. The molecule has 0 aliphatic heterocycles. The van der Waals surface area contributed by atoms with Crippen LogP contribution < -0.4 is 15.4 Å². The van der Waals surface area contributed by atoms with Crippen LogP contribution in [0.1, 0.15) is 30.1 Å². The molecule has 0 saturated carbocycles. The summed E-state index contributed by atoms with van der Waals surface area (Å²) >= 11 is 0. The lowest BCUT2D eigenvalue weighted by atomic mass is 10.2. The van der Waals surface area contributed by atoms with Crippen LogP contribution in [0, 0.1) is 0 Å². The van der Waals surface area contributed by atoms with Crippen molar-refractivity contribution in [2.75, 3.05) is 24.3 Å². The number of hydrogen-bond acceptors (Lipinski definition) is 4.